The molecule has 0 spiro atoms. The Hall–Kier alpha value is -6.06. The summed E-state index contributed by atoms with van der Waals surface area (Å²) in [5.74, 6) is -3.24. The molecule has 0 heterocycles. The van der Waals surface area contributed by atoms with E-state index in [9.17, 15) is 47.9 Å². The number of rotatable bonds is 43. The van der Waals surface area contributed by atoms with Gasteiger partial charge in [-0.1, -0.05) is 122 Å². The number of alkyl carbamates (subject to hydrolysis) is 2. The first-order valence-corrected chi connectivity index (χ1v) is 26.0. The van der Waals surface area contributed by atoms with Gasteiger partial charge in [0.05, 0.1) is 33.9 Å². The van der Waals surface area contributed by atoms with Crippen LogP contribution in [-0.4, -0.2) is 127 Å². The van der Waals surface area contributed by atoms with Gasteiger partial charge in [0.25, 0.3) is 12.0 Å². The second-order valence-corrected chi connectivity index (χ2v) is 16.8. The Morgan fingerprint density at radius 3 is 0.958 bits per heavy atom. The summed E-state index contributed by atoms with van der Waals surface area (Å²) in [6, 6.07) is 0. The minimum atomic E-state index is -0.938. The van der Waals surface area contributed by atoms with E-state index in [1.807, 2.05) is 5.43 Å². The molecule has 0 saturated carbocycles. The molecular weight excluding hydrogens is 933 g/mol. The Morgan fingerprint density at radius 1 is 0.375 bits per heavy atom. The summed E-state index contributed by atoms with van der Waals surface area (Å²) in [7, 11) is 2.65. The SMILES string of the molecule is CCCCCC.COC(=O)NCCCCCCNC(=O)C(CCCCCCN=C=O)C(=O)NCCCCCCNC(=O)OC.O=C=NCCCCCCNC(=O)C(CCCCCCN=C=O)C(=O)NN=C=O. The summed E-state index contributed by atoms with van der Waals surface area (Å²) in [6.45, 7) is 8.31. The van der Waals surface area contributed by atoms with Crippen LogP contribution in [0.25, 0.3) is 0 Å². The van der Waals surface area contributed by atoms with Gasteiger partial charge in [-0.05, 0) is 64.2 Å². The van der Waals surface area contributed by atoms with Crippen LogP contribution in [0.1, 0.15) is 181 Å². The molecule has 0 aromatic carbocycles. The van der Waals surface area contributed by atoms with Crippen LogP contribution in [0.4, 0.5) is 9.59 Å². The number of methoxy groups -OCH3 is 2. The van der Waals surface area contributed by atoms with Crippen molar-refractivity contribution in [1.29, 1.82) is 0 Å². The molecule has 0 aliphatic heterocycles. The Labute approximate surface area is 427 Å². The minimum absolute atomic E-state index is 0.255. The Bertz CT molecular complexity index is 1560. The molecule has 22 heteroatoms. The Balaban J connectivity index is -0.00000123. The molecule has 0 aliphatic rings. The van der Waals surface area contributed by atoms with Gasteiger partial charge in [0.15, 0.2) is 0 Å². The average Bonchev–Trinajstić information content (AvgIpc) is 3.38. The van der Waals surface area contributed by atoms with Gasteiger partial charge < -0.3 is 36.1 Å². The number of hydrazone groups is 1. The number of ether oxygens (including phenoxy) is 2. The van der Waals surface area contributed by atoms with Crippen molar-refractivity contribution in [2.24, 2.45) is 31.9 Å². The van der Waals surface area contributed by atoms with E-state index in [1.165, 1.54) is 64.2 Å². The van der Waals surface area contributed by atoms with Crippen molar-refractivity contribution in [3.63, 3.8) is 0 Å². The monoisotopic (exact) mass is 1020 g/mol. The highest BCUT2D eigenvalue weighted by atomic mass is 16.5. The standard InChI is InChI=1S/C26H47N5O7.C18H27N5O5.C6H14/c1-37-25(35)30-19-13-7-5-11-17-28-23(33)22(15-9-3-4-10-16-27-21-32)24(34)29-18-12-6-8-14-20-31-26(36)38-2;24-13-19-10-6-2-1-5-9-16(18(28)23-22-15-26)17(27)21-12-8-4-3-7-11-20-14-25;1-3-5-6-4-2/h22H,3-20H2,1-2H3,(H,28,33)(H,29,34)(H,30,35)(H,31,36);16H,1-12H2,(H,21,27)(H,23,28);3-6H2,1-2H3. The van der Waals surface area contributed by atoms with Gasteiger partial charge in [0.1, 0.15) is 11.8 Å². The first kappa shape index (κ1) is 70.2. The van der Waals surface area contributed by atoms with Gasteiger partial charge in [-0.25, -0.2) is 49.2 Å². The molecule has 0 aromatic heterocycles. The lowest BCUT2D eigenvalue weighted by molar-refractivity contribution is -0.137. The van der Waals surface area contributed by atoms with Gasteiger partial charge in [-0.3, -0.25) is 19.2 Å². The predicted molar refractivity (Wildman–Crippen MR) is 273 cm³/mol. The Morgan fingerprint density at radius 2 is 0.667 bits per heavy atom. The zero-order chi connectivity index (χ0) is 54.0. The van der Waals surface area contributed by atoms with Crippen LogP contribution in [0, 0.1) is 11.8 Å². The molecule has 1 atom stereocenters. The van der Waals surface area contributed by atoms with E-state index in [4.69, 9.17) is 0 Å². The molecule has 0 aliphatic carbocycles. The Kier molecular flexibility index (Phi) is 56.1. The van der Waals surface area contributed by atoms with Crippen LogP contribution in [0.5, 0.6) is 0 Å². The molecule has 0 radical (unpaired) electrons. The van der Waals surface area contributed by atoms with E-state index >= 15 is 0 Å². The minimum Gasteiger partial charge on any atom is -0.453 e. The molecule has 22 nitrogen and oxygen atoms in total. The third kappa shape index (κ3) is 50.3. The fraction of sp³-hybridized carbons (Fsp3) is 0.800. The maximum atomic E-state index is 12.8. The lowest BCUT2D eigenvalue weighted by atomic mass is 9.98. The first-order chi connectivity index (χ1) is 35.0. The van der Waals surface area contributed by atoms with Crippen LogP contribution < -0.4 is 32.0 Å². The molecule has 72 heavy (non-hydrogen) atoms. The molecule has 6 amide bonds. The van der Waals surface area contributed by atoms with Crippen molar-refractivity contribution in [2.75, 3.05) is 66.6 Å². The van der Waals surface area contributed by atoms with Gasteiger partial charge in [-0.15, -0.1) is 0 Å². The van der Waals surface area contributed by atoms with Crippen LogP contribution in [-0.2, 0) is 47.8 Å². The topological polar surface area (TPSA) is 311 Å². The van der Waals surface area contributed by atoms with Crippen LogP contribution >= 0.6 is 0 Å². The maximum absolute atomic E-state index is 12.8. The van der Waals surface area contributed by atoms with Crippen LogP contribution in [0.15, 0.2) is 20.1 Å². The number of aliphatic imine (C=N–C) groups is 3. The summed E-state index contributed by atoms with van der Waals surface area (Å²) in [4.78, 5) is 123. The largest absolute Gasteiger partial charge is 0.453 e. The van der Waals surface area contributed by atoms with Crippen molar-refractivity contribution in [1.82, 2.24) is 32.0 Å². The molecular formula is C50H88N10O12. The molecule has 0 rings (SSSR count). The second kappa shape index (κ2) is 57.5. The summed E-state index contributed by atoms with van der Waals surface area (Å²) in [5, 5.41) is 16.8. The number of nitrogens with one attached hydrogen (secondary N) is 6. The zero-order valence-electron chi connectivity index (χ0n) is 43.9. The summed E-state index contributed by atoms with van der Waals surface area (Å²) in [6.07, 6.45) is 27.5. The quantitative estimate of drug-likeness (QED) is 0.0121. The second-order valence-electron chi connectivity index (χ2n) is 16.8. The third-order valence-corrected chi connectivity index (χ3v) is 10.9. The van der Waals surface area contributed by atoms with E-state index in [2.05, 4.69) is 70.0 Å². The van der Waals surface area contributed by atoms with E-state index in [0.717, 1.165) is 122 Å². The summed E-state index contributed by atoms with van der Waals surface area (Å²) in [5.41, 5.74) is 2.01. The molecule has 0 saturated heterocycles. The number of carbonyl (C=O) groups is 6. The number of amides is 6. The van der Waals surface area contributed by atoms with Crippen molar-refractivity contribution >= 4 is 60.1 Å². The number of unbranched alkanes of at least 4 members (excludes halogenated alkanes) is 18. The van der Waals surface area contributed by atoms with E-state index in [0.29, 0.717) is 71.6 Å². The fourth-order valence-electron chi connectivity index (χ4n) is 6.75. The molecule has 410 valence electrons. The summed E-state index contributed by atoms with van der Waals surface area (Å²) >= 11 is 0. The molecule has 0 bridgehead atoms. The molecule has 0 aromatic rings. The maximum Gasteiger partial charge on any atom is 0.406 e. The van der Waals surface area contributed by atoms with E-state index in [1.54, 1.807) is 0 Å². The number of isocyanates is 4. The van der Waals surface area contributed by atoms with Crippen molar-refractivity contribution in [3.8, 4) is 0 Å². The van der Waals surface area contributed by atoms with Crippen LogP contribution in [0.3, 0.4) is 0 Å². The lowest BCUT2D eigenvalue weighted by Gasteiger charge is -2.17. The van der Waals surface area contributed by atoms with Gasteiger partial charge >= 0.3 is 12.2 Å². The number of hydrogen-bond acceptors (Lipinski definition) is 16. The smallest absolute Gasteiger partial charge is 0.406 e. The predicted octanol–water partition coefficient (Wildman–Crippen LogP) is 6.81. The number of hydrogen-bond donors (Lipinski definition) is 6. The van der Waals surface area contributed by atoms with Crippen molar-refractivity contribution in [2.45, 2.75) is 181 Å². The van der Waals surface area contributed by atoms with Gasteiger partial charge in [0, 0.05) is 32.7 Å². The highest BCUT2D eigenvalue weighted by Crippen LogP contribution is 2.14. The molecule has 0 fully saturated rings. The van der Waals surface area contributed by atoms with E-state index in [-0.39, 0.29) is 11.8 Å². The van der Waals surface area contributed by atoms with Crippen molar-refractivity contribution in [3.05, 3.63) is 0 Å². The summed E-state index contributed by atoms with van der Waals surface area (Å²) < 4.78 is 9.03. The average molecular weight is 1020 g/mol. The molecule has 6 N–H and O–H groups in total. The highest BCUT2D eigenvalue weighted by Gasteiger charge is 2.27. The first-order valence-electron chi connectivity index (χ1n) is 26.0. The lowest BCUT2D eigenvalue weighted by Crippen LogP contribution is -2.42. The normalized spacial score (nSPS) is 10.3. The molecule has 1 unspecified atom stereocenters. The van der Waals surface area contributed by atoms with Gasteiger partial charge in [0.2, 0.25) is 36.0 Å². The fourth-order valence-corrected chi connectivity index (χ4v) is 6.75. The number of carbonyl (C=O) groups excluding carboxylic acids is 10. The third-order valence-electron chi connectivity index (χ3n) is 10.9. The highest BCUT2D eigenvalue weighted by molar-refractivity contribution is 6.00. The van der Waals surface area contributed by atoms with Gasteiger partial charge in [-0.2, -0.15) is 0 Å². The van der Waals surface area contributed by atoms with Crippen molar-refractivity contribution < 1.29 is 57.4 Å². The van der Waals surface area contributed by atoms with Crippen LogP contribution in [0.2, 0.25) is 0 Å². The van der Waals surface area contributed by atoms with E-state index < -0.39 is 35.8 Å². The zero-order valence-corrected chi connectivity index (χ0v) is 43.9. The number of nitrogens with zero attached hydrogens (tertiary/aromatic N) is 4.